The molecule has 0 amide bonds. The van der Waals surface area contributed by atoms with E-state index in [9.17, 15) is 0 Å². The van der Waals surface area contributed by atoms with Crippen molar-refractivity contribution in [1.29, 1.82) is 0 Å². The summed E-state index contributed by atoms with van der Waals surface area (Å²) < 4.78 is 0. The minimum absolute atomic E-state index is 1.22. The first-order valence-electron chi connectivity index (χ1n) is 16.4. The van der Waals surface area contributed by atoms with Gasteiger partial charge in [-0.15, -0.1) is 0 Å². The minimum atomic E-state index is 1.22. The van der Waals surface area contributed by atoms with Gasteiger partial charge in [0.1, 0.15) is 0 Å². The third-order valence-electron chi connectivity index (χ3n) is 9.53. The second kappa shape index (κ2) is 11.9. The van der Waals surface area contributed by atoms with Crippen LogP contribution in [0.2, 0.25) is 0 Å². The van der Waals surface area contributed by atoms with Gasteiger partial charge in [-0.05, 0) is 121 Å². The normalized spacial score (nSPS) is 11.3. The van der Waals surface area contributed by atoms with Crippen LogP contribution < -0.4 is 0 Å². The maximum Gasteiger partial charge on any atom is -0.00210 e. The molecule has 8 aromatic carbocycles. The van der Waals surface area contributed by atoms with E-state index in [-0.39, 0.29) is 0 Å². The van der Waals surface area contributed by atoms with Gasteiger partial charge in [-0.3, -0.25) is 0 Å². The van der Waals surface area contributed by atoms with Crippen molar-refractivity contribution in [2.45, 2.75) is 20.8 Å². The van der Waals surface area contributed by atoms with Crippen molar-refractivity contribution in [3.8, 4) is 55.6 Å². The molecule has 0 atom stereocenters. The van der Waals surface area contributed by atoms with E-state index in [1.807, 2.05) is 0 Å². The van der Waals surface area contributed by atoms with Gasteiger partial charge in [0.2, 0.25) is 0 Å². The smallest absolute Gasteiger partial charge is 0.00210 e. The second-order valence-corrected chi connectivity index (χ2v) is 12.7. The van der Waals surface area contributed by atoms with Crippen LogP contribution in [0.5, 0.6) is 0 Å². The Hall–Kier alpha value is -5.72. The number of aryl methyl sites for hydroxylation is 3. The van der Waals surface area contributed by atoms with Gasteiger partial charge in [0.05, 0.1) is 0 Å². The molecule has 0 saturated carbocycles. The zero-order valence-corrected chi connectivity index (χ0v) is 27.1. The van der Waals surface area contributed by atoms with E-state index in [1.165, 1.54) is 93.9 Å². The lowest BCUT2D eigenvalue weighted by molar-refractivity contribution is 1.33. The van der Waals surface area contributed by atoms with Gasteiger partial charge >= 0.3 is 0 Å². The summed E-state index contributed by atoms with van der Waals surface area (Å²) in [6.07, 6.45) is 0. The predicted octanol–water partition coefficient (Wildman–Crippen LogP) is 13.3. The average Bonchev–Trinajstić information content (AvgIpc) is 3.11. The molecular formula is C47H36. The van der Waals surface area contributed by atoms with E-state index in [0.717, 1.165) is 0 Å². The van der Waals surface area contributed by atoms with E-state index >= 15 is 0 Å². The van der Waals surface area contributed by atoms with Gasteiger partial charge in [-0.2, -0.15) is 0 Å². The Morgan fingerprint density at radius 3 is 1.15 bits per heavy atom. The van der Waals surface area contributed by atoms with Gasteiger partial charge in [-0.1, -0.05) is 157 Å². The molecule has 0 unspecified atom stereocenters. The van der Waals surface area contributed by atoms with E-state index < -0.39 is 0 Å². The molecule has 224 valence electrons. The highest BCUT2D eigenvalue weighted by atomic mass is 14.2. The van der Waals surface area contributed by atoms with Crippen LogP contribution in [0, 0.1) is 20.8 Å². The Bertz CT molecular complexity index is 2330. The summed E-state index contributed by atoms with van der Waals surface area (Å²) in [6, 6.07) is 60.0. The number of rotatable bonds is 5. The summed E-state index contributed by atoms with van der Waals surface area (Å²) in [5.41, 5.74) is 16.5. The molecule has 8 rings (SSSR count). The van der Waals surface area contributed by atoms with Crippen LogP contribution in [0.4, 0.5) is 0 Å². The van der Waals surface area contributed by atoms with Crippen LogP contribution in [0.25, 0.3) is 77.2 Å². The molecule has 47 heavy (non-hydrogen) atoms. The van der Waals surface area contributed by atoms with Crippen molar-refractivity contribution in [2.75, 3.05) is 0 Å². The molecule has 0 N–H and O–H groups in total. The Kier molecular flexibility index (Phi) is 7.27. The Morgan fingerprint density at radius 1 is 0.255 bits per heavy atom. The molecule has 0 aliphatic carbocycles. The number of benzene rings is 8. The quantitative estimate of drug-likeness (QED) is 0.172. The molecule has 0 heterocycles. The van der Waals surface area contributed by atoms with Crippen molar-refractivity contribution >= 4 is 21.5 Å². The summed E-state index contributed by atoms with van der Waals surface area (Å²) in [4.78, 5) is 0. The zero-order chi connectivity index (χ0) is 31.9. The highest BCUT2D eigenvalue weighted by molar-refractivity contribution is 6.22. The lowest BCUT2D eigenvalue weighted by atomic mass is 9.83. The van der Waals surface area contributed by atoms with Gasteiger partial charge in [-0.25, -0.2) is 0 Å². The fraction of sp³-hybridized carbons (Fsp3) is 0.0638. The van der Waals surface area contributed by atoms with E-state index in [0.29, 0.717) is 0 Å². The maximum atomic E-state index is 2.37. The summed E-state index contributed by atoms with van der Waals surface area (Å²) in [7, 11) is 0. The van der Waals surface area contributed by atoms with Crippen LogP contribution in [0.15, 0.2) is 164 Å². The largest absolute Gasteiger partial charge is 0.0622 e. The first kappa shape index (κ1) is 28.7. The predicted molar refractivity (Wildman–Crippen MR) is 203 cm³/mol. The lowest BCUT2D eigenvalue weighted by Gasteiger charge is -2.21. The molecule has 0 saturated heterocycles. The molecule has 0 aliphatic rings. The number of hydrogen-bond acceptors (Lipinski definition) is 0. The number of fused-ring (bicyclic) bond motifs is 2. The molecule has 0 aliphatic heterocycles. The zero-order valence-electron chi connectivity index (χ0n) is 27.1. The van der Waals surface area contributed by atoms with Gasteiger partial charge < -0.3 is 0 Å². The van der Waals surface area contributed by atoms with Crippen molar-refractivity contribution in [3.05, 3.63) is 180 Å². The third-order valence-corrected chi connectivity index (χ3v) is 9.53. The monoisotopic (exact) mass is 600 g/mol. The van der Waals surface area contributed by atoms with Crippen LogP contribution in [0.3, 0.4) is 0 Å². The average molecular weight is 601 g/mol. The first-order chi connectivity index (χ1) is 23.0. The SMILES string of the molecule is Cc1cc(C)c(-c2c3ccccc3c(-c3cccc(-c4cccc(-c5ccc(-c6ccccc6)cc5)c4)c3)c3ccccc23)c(C)c1. The standard InChI is InChI=1S/C47H36/c1-31-27-32(2)45(33(3)28-31)47-43-21-9-7-19-41(43)46(42-20-8-10-22-44(42)47)40-18-12-17-39(30-40)38-16-11-15-37(29-38)36-25-23-35(24-26-36)34-13-5-4-6-14-34/h4-30H,1-3H3. The van der Waals surface area contributed by atoms with E-state index in [1.54, 1.807) is 0 Å². The molecule has 8 aromatic rings. The van der Waals surface area contributed by atoms with Crippen molar-refractivity contribution in [1.82, 2.24) is 0 Å². The second-order valence-electron chi connectivity index (χ2n) is 12.7. The van der Waals surface area contributed by atoms with Crippen molar-refractivity contribution < 1.29 is 0 Å². The number of hydrogen-bond donors (Lipinski definition) is 0. The molecule has 0 nitrogen and oxygen atoms in total. The van der Waals surface area contributed by atoms with Gasteiger partial charge in [0, 0.05) is 0 Å². The van der Waals surface area contributed by atoms with Gasteiger partial charge in [0.25, 0.3) is 0 Å². The highest BCUT2D eigenvalue weighted by Gasteiger charge is 2.19. The molecule has 0 spiro atoms. The Balaban J connectivity index is 1.26. The van der Waals surface area contributed by atoms with Crippen LogP contribution in [-0.4, -0.2) is 0 Å². The van der Waals surface area contributed by atoms with Crippen molar-refractivity contribution in [3.63, 3.8) is 0 Å². The molecule has 0 fully saturated rings. The third kappa shape index (κ3) is 5.23. The summed E-state index contributed by atoms with van der Waals surface area (Å²) in [5.74, 6) is 0. The Morgan fingerprint density at radius 2 is 0.617 bits per heavy atom. The molecule has 0 radical (unpaired) electrons. The molecule has 0 bridgehead atoms. The summed E-state index contributed by atoms with van der Waals surface area (Å²) in [5, 5.41) is 5.15. The van der Waals surface area contributed by atoms with Crippen LogP contribution in [0.1, 0.15) is 16.7 Å². The molecular weight excluding hydrogens is 565 g/mol. The maximum absolute atomic E-state index is 2.37. The lowest BCUT2D eigenvalue weighted by Crippen LogP contribution is -1.95. The first-order valence-corrected chi connectivity index (χ1v) is 16.4. The van der Waals surface area contributed by atoms with Gasteiger partial charge in [0.15, 0.2) is 0 Å². The van der Waals surface area contributed by atoms with Crippen molar-refractivity contribution in [2.24, 2.45) is 0 Å². The minimum Gasteiger partial charge on any atom is -0.0622 e. The topological polar surface area (TPSA) is 0 Å². The highest BCUT2D eigenvalue weighted by Crippen LogP contribution is 2.46. The van der Waals surface area contributed by atoms with Crippen LogP contribution in [-0.2, 0) is 0 Å². The fourth-order valence-electron chi connectivity index (χ4n) is 7.50. The van der Waals surface area contributed by atoms with Crippen LogP contribution >= 0.6 is 0 Å². The summed E-state index contributed by atoms with van der Waals surface area (Å²) in [6.45, 7) is 6.69. The Labute approximate surface area is 277 Å². The molecule has 0 aromatic heterocycles. The van der Waals surface area contributed by atoms with E-state index in [2.05, 4.69) is 185 Å². The van der Waals surface area contributed by atoms with E-state index in [4.69, 9.17) is 0 Å². The molecule has 0 heteroatoms. The summed E-state index contributed by atoms with van der Waals surface area (Å²) >= 11 is 0. The fourth-order valence-corrected chi connectivity index (χ4v) is 7.50.